The van der Waals surface area contributed by atoms with Gasteiger partial charge in [0.05, 0.1) is 6.04 Å². The van der Waals surface area contributed by atoms with Gasteiger partial charge in [0.25, 0.3) is 5.91 Å². The van der Waals surface area contributed by atoms with Crippen molar-refractivity contribution in [3.63, 3.8) is 0 Å². The Labute approximate surface area is 122 Å². The third-order valence-electron chi connectivity index (χ3n) is 3.92. The van der Waals surface area contributed by atoms with Crippen molar-refractivity contribution < 1.29 is 14.4 Å². The van der Waals surface area contributed by atoms with E-state index in [1.54, 1.807) is 19.2 Å². The number of carbonyl (C=O) groups is 3. The Bertz CT molecular complexity index is 598. The molecule has 0 aromatic heterocycles. The van der Waals surface area contributed by atoms with Crippen LogP contribution in [0.15, 0.2) is 24.3 Å². The lowest BCUT2D eigenvalue weighted by molar-refractivity contribution is -0.166. The third-order valence-corrected chi connectivity index (χ3v) is 3.92. The lowest BCUT2D eigenvalue weighted by Gasteiger charge is -2.36. The first kappa shape index (κ1) is 13.8. The molecule has 1 atom stereocenters. The molecular formula is C15H17N3O3. The Morgan fingerprint density at radius 2 is 1.81 bits per heavy atom. The van der Waals surface area contributed by atoms with Crippen LogP contribution in [0.3, 0.4) is 0 Å². The predicted octanol–water partition coefficient (Wildman–Crippen LogP) is 0.857. The molecule has 2 aliphatic heterocycles. The van der Waals surface area contributed by atoms with E-state index in [0.717, 1.165) is 10.6 Å². The zero-order valence-electron chi connectivity index (χ0n) is 11.8. The number of likely N-dealkylation sites (N-methyl/N-ethyl adjacent to an activating group) is 1. The van der Waals surface area contributed by atoms with E-state index < -0.39 is 0 Å². The monoisotopic (exact) mass is 287 g/mol. The smallest absolute Gasteiger partial charge is 0.273 e. The number of rotatable bonds is 3. The van der Waals surface area contributed by atoms with Crippen molar-refractivity contribution in [2.24, 2.45) is 0 Å². The number of amides is 3. The SMILES string of the molecule is CNC[C@@H]1c2ccccc2C(=O)N1N1C(=O)CCCC1=O. The van der Waals surface area contributed by atoms with Gasteiger partial charge in [-0.25, -0.2) is 5.01 Å². The number of hydrogen-bond donors (Lipinski definition) is 1. The molecule has 3 amide bonds. The number of hydrazine groups is 1. The summed E-state index contributed by atoms with van der Waals surface area (Å²) in [4.78, 5) is 36.9. The van der Waals surface area contributed by atoms with Crippen LogP contribution in [0.1, 0.15) is 41.2 Å². The van der Waals surface area contributed by atoms with Crippen molar-refractivity contribution in [2.45, 2.75) is 25.3 Å². The molecule has 1 saturated heterocycles. The second-order valence-electron chi connectivity index (χ2n) is 5.26. The molecule has 0 saturated carbocycles. The Morgan fingerprint density at radius 3 is 2.48 bits per heavy atom. The largest absolute Gasteiger partial charge is 0.317 e. The molecule has 1 fully saturated rings. The summed E-state index contributed by atoms with van der Waals surface area (Å²) in [6, 6.07) is 6.92. The first-order valence-corrected chi connectivity index (χ1v) is 7.08. The number of nitrogens with zero attached hydrogens (tertiary/aromatic N) is 2. The Balaban J connectivity index is 2.03. The summed E-state index contributed by atoms with van der Waals surface area (Å²) in [7, 11) is 1.78. The summed E-state index contributed by atoms with van der Waals surface area (Å²) in [5, 5.41) is 5.40. The van der Waals surface area contributed by atoms with Crippen LogP contribution in [-0.2, 0) is 9.59 Å². The molecule has 0 aliphatic carbocycles. The Morgan fingerprint density at radius 1 is 1.14 bits per heavy atom. The molecule has 0 bridgehead atoms. The minimum absolute atomic E-state index is 0.283. The van der Waals surface area contributed by atoms with Gasteiger partial charge in [0.15, 0.2) is 0 Å². The molecule has 110 valence electrons. The minimum atomic E-state index is -0.329. The lowest BCUT2D eigenvalue weighted by atomic mass is 10.1. The molecule has 0 unspecified atom stereocenters. The van der Waals surface area contributed by atoms with E-state index in [9.17, 15) is 14.4 Å². The summed E-state index contributed by atoms with van der Waals surface area (Å²) >= 11 is 0. The van der Waals surface area contributed by atoms with Gasteiger partial charge in [-0.1, -0.05) is 18.2 Å². The van der Waals surface area contributed by atoms with E-state index in [2.05, 4.69) is 5.32 Å². The number of nitrogens with one attached hydrogen (secondary N) is 1. The average Bonchev–Trinajstić information content (AvgIpc) is 2.74. The summed E-state index contributed by atoms with van der Waals surface area (Å²) in [5.74, 6) is -0.878. The van der Waals surface area contributed by atoms with E-state index in [4.69, 9.17) is 0 Å². The molecule has 2 heterocycles. The quantitative estimate of drug-likeness (QED) is 0.837. The highest BCUT2D eigenvalue weighted by Gasteiger charge is 2.44. The molecular weight excluding hydrogens is 270 g/mol. The first-order valence-electron chi connectivity index (χ1n) is 7.08. The van der Waals surface area contributed by atoms with Gasteiger partial charge >= 0.3 is 0 Å². The normalized spacial score (nSPS) is 22.0. The third kappa shape index (κ3) is 2.12. The second-order valence-corrected chi connectivity index (χ2v) is 5.26. The first-order chi connectivity index (χ1) is 10.1. The van der Waals surface area contributed by atoms with Crippen molar-refractivity contribution >= 4 is 17.7 Å². The molecule has 1 aromatic rings. The molecule has 0 radical (unpaired) electrons. The molecule has 1 N–H and O–H groups in total. The molecule has 6 nitrogen and oxygen atoms in total. The van der Waals surface area contributed by atoms with Gasteiger partial charge in [0, 0.05) is 24.9 Å². The van der Waals surface area contributed by atoms with Crippen molar-refractivity contribution in [2.75, 3.05) is 13.6 Å². The maximum Gasteiger partial charge on any atom is 0.273 e. The molecule has 3 rings (SSSR count). The van der Waals surface area contributed by atoms with E-state index in [1.807, 2.05) is 12.1 Å². The van der Waals surface area contributed by atoms with E-state index >= 15 is 0 Å². The number of benzene rings is 1. The van der Waals surface area contributed by atoms with Crippen molar-refractivity contribution in [3.8, 4) is 0 Å². The summed E-state index contributed by atoms with van der Waals surface area (Å²) in [5.41, 5.74) is 1.41. The van der Waals surface area contributed by atoms with Crippen LogP contribution in [-0.4, -0.2) is 41.3 Å². The highest BCUT2D eigenvalue weighted by atomic mass is 16.2. The number of fused-ring (bicyclic) bond motifs is 1. The van der Waals surface area contributed by atoms with Gasteiger partial charge < -0.3 is 5.32 Å². The van der Waals surface area contributed by atoms with E-state index in [-0.39, 0.29) is 23.8 Å². The van der Waals surface area contributed by atoms with Crippen molar-refractivity contribution in [3.05, 3.63) is 35.4 Å². The summed E-state index contributed by atoms with van der Waals surface area (Å²) in [6.07, 6.45) is 1.16. The van der Waals surface area contributed by atoms with Crippen LogP contribution in [0.5, 0.6) is 0 Å². The summed E-state index contributed by atoms with van der Waals surface area (Å²) < 4.78 is 0. The zero-order valence-corrected chi connectivity index (χ0v) is 11.8. The molecule has 0 spiro atoms. The van der Waals surface area contributed by atoms with Crippen LogP contribution in [0, 0.1) is 0 Å². The molecule has 2 aliphatic rings. The number of carbonyl (C=O) groups excluding carboxylic acids is 3. The fourth-order valence-electron chi connectivity index (χ4n) is 2.98. The highest BCUT2D eigenvalue weighted by molar-refractivity contribution is 6.05. The van der Waals surface area contributed by atoms with Gasteiger partial charge in [-0.05, 0) is 25.1 Å². The van der Waals surface area contributed by atoms with Gasteiger partial charge in [0.1, 0.15) is 0 Å². The Kier molecular flexibility index (Phi) is 3.47. The van der Waals surface area contributed by atoms with Crippen LogP contribution in [0.4, 0.5) is 0 Å². The van der Waals surface area contributed by atoms with E-state index in [0.29, 0.717) is 31.4 Å². The highest BCUT2D eigenvalue weighted by Crippen LogP contribution is 2.35. The Hall–Kier alpha value is -2.21. The molecule has 21 heavy (non-hydrogen) atoms. The van der Waals surface area contributed by atoms with Crippen molar-refractivity contribution in [1.29, 1.82) is 0 Å². The second kappa shape index (κ2) is 5.29. The van der Waals surface area contributed by atoms with E-state index in [1.165, 1.54) is 5.01 Å². The predicted molar refractivity (Wildman–Crippen MR) is 75.0 cm³/mol. The fraction of sp³-hybridized carbons (Fsp3) is 0.400. The van der Waals surface area contributed by atoms with Gasteiger partial charge in [0.2, 0.25) is 11.8 Å². The summed E-state index contributed by atoms with van der Waals surface area (Å²) in [6.45, 7) is 0.486. The van der Waals surface area contributed by atoms with Gasteiger partial charge in [-0.2, -0.15) is 5.01 Å². The molecule has 1 aromatic carbocycles. The van der Waals surface area contributed by atoms with Crippen molar-refractivity contribution in [1.82, 2.24) is 15.3 Å². The average molecular weight is 287 g/mol. The number of piperidine rings is 1. The minimum Gasteiger partial charge on any atom is -0.317 e. The van der Waals surface area contributed by atoms with Crippen LogP contribution < -0.4 is 5.32 Å². The van der Waals surface area contributed by atoms with Crippen LogP contribution >= 0.6 is 0 Å². The van der Waals surface area contributed by atoms with Gasteiger partial charge in [-0.15, -0.1) is 0 Å². The number of imide groups is 1. The van der Waals surface area contributed by atoms with Crippen LogP contribution in [0.2, 0.25) is 0 Å². The lowest BCUT2D eigenvalue weighted by Crippen LogP contribution is -2.54. The molecule has 6 heteroatoms. The zero-order chi connectivity index (χ0) is 15.0. The number of hydrogen-bond acceptors (Lipinski definition) is 4. The maximum atomic E-state index is 12.6. The standard InChI is InChI=1S/C15H17N3O3/c1-16-9-12-10-5-2-3-6-11(10)15(21)17(12)18-13(19)7-4-8-14(18)20/h2-3,5-6,12,16H,4,7-9H2,1H3/t12-/m1/s1. The topological polar surface area (TPSA) is 69.7 Å². The van der Waals surface area contributed by atoms with Gasteiger partial charge in [-0.3, -0.25) is 14.4 Å². The van der Waals surface area contributed by atoms with Crippen LogP contribution in [0.25, 0.3) is 0 Å². The fourth-order valence-corrected chi connectivity index (χ4v) is 2.98. The maximum absolute atomic E-state index is 12.6.